The van der Waals surface area contributed by atoms with Crippen LogP contribution in [0.3, 0.4) is 0 Å². The van der Waals surface area contributed by atoms with Crippen LogP contribution in [0.1, 0.15) is 43.2 Å². The Labute approximate surface area is 334 Å². The molecule has 306 valence electrons. The summed E-state index contributed by atoms with van der Waals surface area (Å²) in [4.78, 5) is 81.9. The molecule has 0 aliphatic carbocycles. The van der Waals surface area contributed by atoms with Gasteiger partial charge in [0.1, 0.15) is 29.9 Å². The fraction of sp³-hybridized carbons (Fsp3) is 0.474. The Morgan fingerprint density at radius 1 is 0.732 bits per heavy atom. The predicted molar refractivity (Wildman–Crippen MR) is 219 cm³/mol. The van der Waals surface area contributed by atoms with E-state index < -0.39 is 72.3 Å². The van der Waals surface area contributed by atoms with E-state index in [9.17, 15) is 39.0 Å². The van der Waals surface area contributed by atoms with Gasteiger partial charge in [-0.25, -0.2) is 4.79 Å². The van der Waals surface area contributed by atoms with Crippen LogP contribution in [0.15, 0.2) is 54.7 Å². The molecule has 0 aliphatic rings. The monoisotopic (exact) mass is 814 g/mol. The second-order valence-corrected chi connectivity index (χ2v) is 15.2. The van der Waals surface area contributed by atoms with E-state index in [4.69, 9.17) is 11.5 Å². The maximum Gasteiger partial charge on any atom is 0.326 e. The predicted octanol–water partition coefficient (Wildman–Crippen LogP) is 0.761. The number of benzene rings is 2. The zero-order valence-corrected chi connectivity index (χ0v) is 33.3. The lowest BCUT2D eigenvalue weighted by molar-refractivity contribution is -0.141. The van der Waals surface area contributed by atoms with Crippen molar-refractivity contribution in [1.82, 2.24) is 31.6 Å². The summed E-state index contributed by atoms with van der Waals surface area (Å²) in [5.41, 5.74) is 14.4. The van der Waals surface area contributed by atoms with E-state index in [0.717, 1.165) is 16.5 Å². The fourth-order valence-electron chi connectivity index (χ4n) is 5.83. The number of aromatic amines is 1. The molecule has 12 N–H and O–H groups in total. The maximum atomic E-state index is 13.9. The number of aromatic hydroxyl groups is 1. The SMILES string of the molecule is CSCC[C@H](NC(=O)CNC(=O)[C@H](CCSC)NC(=O)[C@H](Cc1ccc(O)cc1)NC(=O)[C@H](CCCCN)NC(=O)[C@@H](N)Cc1c[nH]c2ccccc12)C(=O)O. The number of rotatable bonds is 25. The summed E-state index contributed by atoms with van der Waals surface area (Å²) in [6, 6.07) is 8.14. The van der Waals surface area contributed by atoms with E-state index in [0.29, 0.717) is 36.5 Å². The molecule has 16 nitrogen and oxygen atoms in total. The summed E-state index contributed by atoms with van der Waals surface area (Å²) in [5.74, 6) is -3.51. The Hall–Kier alpha value is -4.78. The highest BCUT2D eigenvalue weighted by Crippen LogP contribution is 2.19. The van der Waals surface area contributed by atoms with E-state index in [2.05, 4.69) is 31.6 Å². The molecule has 3 aromatic rings. The fourth-order valence-corrected chi connectivity index (χ4v) is 6.77. The molecule has 0 aliphatic heterocycles. The standard InChI is InChI=1S/C38H54N8O8S2/c1-55-17-14-30(35(50)42-22-33(48)43-31(38(53)54)15-18-56-2)45-37(52)32(19-23-10-12-25(47)13-11-23)46-36(51)29(9-5-6-16-39)44-34(49)27(40)20-24-21-41-28-8-4-3-7-26(24)28/h3-4,7-8,10-13,21,27,29-32,41,47H,5-6,9,14-20,22,39-40H2,1-2H3,(H,42,50)(H,43,48)(H,44,49)(H,45,52)(H,46,51)(H,53,54)/t27-,29-,30-,31-,32-/m0/s1. The van der Waals surface area contributed by atoms with Crippen LogP contribution in [0.25, 0.3) is 10.9 Å². The zero-order valence-electron chi connectivity index (χ0n) is 31.7. The molecule has 18 heteroatoms. The molecule has 2 aromatic carbocycles. The van der Waals surface area contributed by atoms with E-state index in [1.54, 1.807) is 18.3 Å². The minimum Gasteiger partial charge on any atom is -0.508 e. The molecule has 3 rings (SSSR count). The summed E-state index contributed by atoms with van der Waals surface area (Å²) in [7, 11) is 0. The number of nitrogens with one attached hydrogen (secondary N) is 6. The Morgan fingerprint density at radius 3 is 2.00 bits per heavy atom. The number of nitrogens with two attached hydrogens (primary N) is 2. The number of carboxylic acids is 1. The van der Waals surface area contributed by atoms with Crippen LogP contribution in [0.2, 0.25) is 0 Å². The van der Waals surface area contributed by atoms with Gasteiger partial charge in [0.25, 0.3) is 0 Å². The molecular weight excluding hydrogens is 761 g/mol. The first-order valence-corrected chi connectivity index (χ1v) is 21.1. The average Bonchev–Trinajstić information content (AvgIpc) is 3.59. The lowest BCUT2D eigenvalue weighted by Crippen LogP contribution is -2.58. The van der Waals surface area contributed by atoms with E-state index in [1.807, 2.05) is 36.8 Å². The van der Waals surface area contributed by atoms with Gasteiger partial charge in [0.15, 0.2) is 0 Å². The summed E-state index contributed by atoms with van der Waals surface area (Å²) in [5, 5.41) is 33.3. The van der Waals surface area contributed by atoms with Crippen LogP contribution >= 0.6 is 23.5 Å². The molecule has 0 fully saturated rings. The second-order valence-electron chi connectivity index (χ2n) is 13.2. The number of thioether (sulfide) groups is 2. The Kier molecular flexibility index (Phi) is 19.5. The van der Waals surface area contributed by atoms with Gasteiger partial charge in [0, 0.05) is 23.5 Å². The second kappa shape index (κ2) is 24.0. The number of H-pyrrole nitrogens is 1. The van der Waals surface area contributed by atoms with Gasteiger partial charge in [-0.2, -0.15) is 23.5 Å². The highest BCUT2D eigenvalue weighted by Gasteiger charge is 2.31. The van der Waals surface area contributed by atoms with Crippen LogP contribution in [0, 0.1) is 0 Å². The molecule has 0 unspecified atom stereocenters. The third-order valence-corrected chi connectivity index (χ3v) is 10.2. The van der Waals surface area contributed by atoms with Crippen molar-refractivity contribution in [2.75, 3.05) is 37.1 Å². The lowest BCUT2D eigenvalue weighted by atomic mass is 10.0. The van der Waals surface area contributed by atoms with Crippen molar-refractivity contribution in [3.05, 3.63) is 65.9 Å². The highest BCUT2D eigenvalue weighted by atomic mass is 32.2. The van der Waals surface area contributed by atoms with Crippen molar-refractivity contribution < 1.29 is 39.0 Å². The zero-order chi connectivity index (χ0) is 41.0. The number of phenols is 1. The molecule has 0 spiro atoms. The van der Waals surface area contributed by atoms with Crippen molar-refractivity contribution >= 4 is 69.9 Å². The number of fused-ring (bicyclic) bond motifs is 1. The molecule has 1 heterocycles. The molecule has 5 atom stereocenters. The largest absolute Gasteiger partial charge is 0.508 e. The van der Waals surface area contributed by atoms with Crippen LogP contribution in [0.4, 0.5) is 0 Å². The number of aliphatic carboxylic acids is 1. The number of carbonyl (C=O) groups excluding carboxylic acids is 5. The summed E-state index contributed by atoms with van der Waals surface area (Å²) in [6.07, 6.45) is 7.27. The number of phenolic OH excluding ortho intramolecular Hbond substituents is 1. The van der Waals surface area contributed by atoms with Crippen molar-refractivity contribution in [1.29, 1.82) is 0 Å². The first-order chi connectivity index (χ1) is 26.9. The molecule has 0 bridgehead atoms. The third-order valence-electron chi connectivity index (χ3n) is 8.95. The number of carboxylic acid groups (broad SMARTS) is 1. The van der Waals surface area contributed by atoms with Crippen LogP contribution in [-0.2, 0) is 41.6 Å². The number of hydrogen-bond acceptors (Lipinski definition) is 11. The van der Waals surface area contributed by atoms with Crippen molar-refractivity contribution in [3.63, 3.8) is 0 Å². The van der Waals surface area contributed by atoms with E-state index in [-0.39, 0.29) is 37.9 Å². The molecule has 56 heavy (non-hydrogen) atoms. The molecular formula is C38H54N8O8S2. The Balaban J connectivity index is 1.77. The number of unbranched alkanes of at least 4 members (excludes halogenated alkanes) is 1. The quantitative estimate of drug-likeness (QED) is 0.0532. The van der Waals surface area contributed by atoms with E-state index in [1.165, 1.54) is 35.7 Å². The number of carbonyl (C=O) groups is 6. The number of para-hydroxylation sites is 1. The van der Waals surface area contributed by atoms with Crippen molar-refractivity contribution in [3.8, 4) is 5.75 Å². The van der Waals surface area contributed by atoms with Crippen molar-refractivity contribution in [2.45, 2.75) is 75.2 Å². The third kappa shape index (κ3) is 15.0. The van der Waals surface area contributed by atoms with Gasteiger partial charge < -0.3 is 53.2 Å². The first kappa shape index (κ1) is 45.6. The van der Waals surface area contributed by atoms with Gasteiger partial charge in [0.05, 0.1) is 12.6 Å². The van der Waals surface area contributed by atoms with Gasteiger partial charge in [-0.3, -0.25) is 24.0 Å². The van der Waals surface area contributed by atoms with Crippen LogP contribution in [-0.4, -0.2) is 118 Å². The van der Waals surface area contributed by atoms with Gasteiger partial charge in [-0.1, -0.05) is 30.3 Å². The summed E-state index contributed by atoms with van der Waals surface area (Å²) >= 11 is 2.86. The number of hydrogen-bond donors (Lipinski definition) is 10. The van der Waals surface area contributed by atoms with E-state index >= 15 is 0 Å². The molecule has 1 aromatic heterocycles. The minimum absolute atomic E-state index is 0.00204. The number of aromatic nitrogens is 1. The van der Waals surface area contributed by atoms with Crippen LogP contribution in [0.5, 0.6) is 5.75 Å². The molecule has 0 saturated carbocycles. The average molecular weight is 815 g/mol. The van der Waals surface area contributed by atoms with Gasteiger partial charge in [-0.05, 0) is 98.4 Å². The first-order valence-electron chi connectivity index (χ1n) is 18.3. The van der Waals surface area contributed by atoms with Gasteiger partial charge in [0.2, 0.25) is 29.5 Å². The topological polar surface area (TPSA) is 271 Å². The molecule has 0 saturated heterocycles. The van der Waals surface area contributed by atoms with Crippen LogP contribution < -0.4 is 38.1 Å². The summed E-state index contributed by atoms with van der Waals surface area (Å²) in [6.45, 7) is -0.151. The minimum atomic E-state index is -1.23. The molecule has 0 radical (unpaired) electrons. The normalized spacial score (nSPS) is 13.8. The number of amides is 5. The smallest absolute Gasteiger partial charge is 0.326 e. The van der Waals surface area contributed by atoms with Gasteiger partial charge in [-0.15, -0.1) is 0 Å². The highest BCUT2D eigenvalue weighted by molar-refractivity contribution is 7.98. The maximum absolute atomic E-state index is 13.9. The Bertz CT molecular complexity index is 1760. The molecule has 5 amide bonds. The van der Waals surface area contributed by atoms with Crippen molar-refractivity contribution in [2.24, 2.45) is 11.5 Å². The van der Waals surface area contributed by atoms with Gasteiger partial charge >= 0.3 is 5.97 Å². The Morgan fingerprint density at radius 2 is 1.34 bits per heavy atom. The summed E-state index contributed by atoms with van der Waals surface area (Å²) < 4.78 is 0. The lowest BCUT2D eigenvalue weighted by Gasteiger charge is -2.26.